The van der Waals surface area contributed by atoms with Gasteiger partial charge in [-0.05, 0) is 7.05 Å². The van der Waals surface area contributed by atoms with Crippen molar-refractivity contribution in [1.82, 2.24) is 19.6 Å². The van der Waals surface area contributed by atoms with E-state index < -0.39 is 13.0 Å². The van der Waals surface area contributed by atoms with Gasteiger partial charge in [0.15, 0.2) is 12.8 Å². The Labute approximate surface area is 121 Å². The van der Waals surface area contributed by atoms with Crippen LogP contribution in [-0.4, -0.2) is 71.3 Å². The van der Waals surface area contributed by atoms with E-state index in [0.717, 1.165) is 30.9 Å². The van der Waals surface area contributed by atoms with Crippen LogP contribution in [0.1, 0.15) is 5.69 Å². The molecule has 118 valence electrons. The molecular formula is C12H20F2N5O2+. The van der Waals surface area contributed by atoms with Gasteiger partial charge in [-0.3, -0.25) is 9.58 Å². The third-order valence-electron chi connectivity index (χ3n) is 3.47. The zero-order valence-corrected chi connectivity index (χ0v) is 12.2. The molecule has 9 heteroatoms. The lowest BCUT2D eigenvalue weighted by Gasteiger charge is -2.31. The molecule has 2 rings (SSSR count). The van der Waals surface area contributed by atoms with Crippen LogP contribution in [-0.2, 0) is 17.9 Å². The highest BCUT2D eigenvalue weighted by Crippen LogP contribution is 2.20. The second-order valence-electron chi connectivity index (χ2n) is 5.09. The van der Waals surface area contributed by atoms with Crippen LogP contribution < -0.4 is 0 Å². The Kier molecular flexibility index (Phi) is 5.18. The number of halogens is 2. The van der Waals surface area contributed by atoms with Gasteiger partial charge < -0.3 is 4.90 Å². The fraction of sp³-hybridized carbons (Fsp3) is 0.750. The standard InChI is InChI=1S/C12H20F2N5O2/c1-16-3-5-17(6-4-16)7-10-11(19(20)21-2)8-18(15-10)9-12(13)14/h8,12H,3-7,9H2,1-2H3/q+1. The van der Waals surface area contributed by atoms with E-state index in [1.807, 2.05) is 7.05 Å². The van der Waals surface area contributed by atoms with E-state index in [9.17, 15) is 13.7 Å². The Balaban J connectivity index is 2.12. The highest BCUT2D eigenvalue weighted by atomic mass is 19.3. The van der Waals surface area contributed by atoms with Crippen LogP contribution in [0.25, 0.3) is 0 Å². The number of rotatable bonds is 6. The smallest absolute Gasteiger partial charge is 0.304 e. The summed E-state index contributed by atoms with van der Waals surface area (Å²) in [5.74, 6) is 0. The molecule has 0 unspecified atom stereocenters. The molecule has 0 spiro atoms. The third kappa shape index (κ3) is 4.18. The van der Waals surface area contributed by atoms with E-state index in [1.165, 1.54) is 13.3 Å². The molecule has 0 amide bonds. The molecule has 21 heavy (non-hydrogen) atoms. The summed E-state index contributed by atoms with van der Waals surface area (Å²) in [7, 11) is 3.28. The summed E-state index contributed by atoms with van der Waals surface area (Å²) in [5, 5.41) is 4.09. The SMILES string of the molecule is CO[N+](=O)c1cn(CC(F)F)nc1CN1CCN(C)CC1. The van der Waals surface area contributed by atoms with Crippen molar-refractivity contribution in [2.24, 2.45) is 0 Å². The first-order valence-corrected chi connectivity index (χ1v) is 6.76. The summed E-state index contributed by atoms with van der Waals surface area (Å²) in [5.41, 5.74) is 0.633. The van der Waals surface area contributed by atoms with E-state index in [1.54, 1.807) is 0 Å². The van der Waals surface area contributed by atoms with Gasteiger partial charge in [0, 0.05) is 32.7 Å². The molecule has 1 fully saturated rings. The second kappa shape index (κ2) is 6.90. The maximum absolute atomic E-state index is 12.4. The summed E-state index contributed by atoms with van der Waals surface area (Å²) in [6.07, 6.45) is -1.22. The van der Waals surface area contributed by atoms with Crippen LogP contribution in [0.3, 0.4) is 0 Å². The Bertz CT molecular complexity index is 486. The van der Waals surface area contributed by atoms with Gasteiger partial charge >= 0.3 is 5.69 Å². The summed E-state index contributed by atoms with van der Waals surface area (Å²) in [4.78, 5) is 20.9. The molecule has 2 heterocycles. The van der Waals surface area contributed by atoms with Crippen LogP contribution in [0.4, 0.5) is 14.5 Å². The van der Waals surface area contributed by atoms with Crippen LogP contribution in [0.2, 0.25) is 0 Å². The first kappa shape index (κ1) is 15.8. The van der Waals surface area contributed by atoms with Crippen molar-refractivity contribution >= 4 is 5.69 Å². The molecule has 1 aromatic heterocycles. The van der Waals surface area contributed by atoms with Crippen molar-refractivity contribution in [3.05, 3.63) is 16.8 Å². The van der Waals surface area contributed by atoms with Crippen LogP contribution in [0, 0.1) is 4.91 Å². The molecule has 0 atom stereocenters. The molecule has 1 aromatic rings. The summed E-state index contributed by atoms with van der Waals surface area (Å²) in [6.45, 7) is 3.47. The molecule has 1 aliphatic heterocycles. The van der Waals surface area contributed by atoms with Crippen molar-refractivity contribution in [1.29, 1.82) is 0 Å². The molecule has 0 aliphatic carbocycles. The highest BCUT2D eigenvalue weighted by Gasteiger charge is 2.28. The first-order chi connectivity index (χ1) is 9.99. The molecule has 7 nitrogen and oxygen atoms in total. The topological polar surface area (TPSA) is 53.6 Å². The lowest BCUT2D eigenvalue weighted by Crippen LogP contribution is -2.44. The average Bonchev–Trinajstić information content (AvgIpc) is 2.82. The number of nitrogens with zero attached hydrogens (tertiary/aromatic N) is 5. The summed E-state index contributed by atoms with van der Waals surface area (Å²) < 4.78 is 26.0. The van der Waals surface area contributed by atoms with Crippen LogP contribution in [0.15, 0.2) is 6.20 Å². The van der Waals surface area contributed by atoms with Crippen LogP contribution >= 0.6 is 0 Å². The molecule has 1 saturated heterocycles. The highest BCUT2D eigenvalue weighted by molar-refractivity contribution is 5.31. The predicted octanol–water partition coefficient (Wildman–Crippen LogP) is 0.867. The largest absolute Gasteiger partial charge is 0.358 e. The Hall–Kier alpha value is -1.61. The van der Waals surface area contributed by atoms with Crippen LogP contribution in [0.5, 0.6) is 0 Å². The summed E-state index contributed by atoms with van der Waals surface area (Å²) in [6, 6.07) is 0. The number of aromatic nitrogens is 2. The number of hydrogen-bond acceptors (Lipinski definition) is 5. The fourth-order valence-corrected chi connectivity index (χ4v) is 2.27. The van der Waals surface area contributed by atoms with Gasteiger partial charge in [-0.1, -0.05) is 0 Å². The zero-order valence-electron chi connectivity index (χ0n) is 12.2. The Morgan fingerprint density at radius 1 is 1.38 bits per heavy atom. The third-order valence-corrected chi connectivity index (χ3v) is 3.47. The number of alkyl halides is 2. The quantitative estimate of drug-likeness (QED) is 0.730. The van der Waals surface area contributed by atoms with Gasteiger partial charge in [0.05, 0.1) is 4.91 Å². The van der Waals surface area contributed by atoms with E-state index in [2.05, 4.69) is 19.7 Å². The first-order valence-electron chi connectivity index (χ1n) is 6.76. The van der Waals surface area contributed by atoms with Gasteiger partial charge in [-0.15, -0.1) is 0 Å². The van der Waals surface area contributed by atoms with Gasteiger partial charge in [0.2, 0.25) is 0 Å². The van der Waals surface area contributed by atoms with Gasteiger partial charge in [0.1, 0.15) is 12.7 Å². The van der Waals surface area contributed by atoms with E-state index in [4.69, 9.17) is 0 Å². The molecule has 0 bridgehead atoms. The second-order valence-corrected chi connectivity index (χ2v) is 5.09. The fourth-order valence-electron chi connectivity index (χ4n) is 2.27. The number of hydrogen-bond donors (Lipinski definition) is 0. The molecule has 0 radical (unpaired) electrons. The van der Waals surface area contributed by atoms with E-state index in [0.29, 0.717) is 17.2 Å². The lowest BCUT2D eigenvalue weighted by molar-refractivity contribution is -0.737. The minimum absolute atomic E-state index is 0.178. The van der Waals surface area contributed by atoms with Gasteiger partial charge in [-0.2, -0.15) is 5.10 Å². The van der Waals surface area contributed by atoms with E-state index in [-0.39, 0.29) is 5.69 Å². The predicted molar refractivity (Wildman–Crippen MR) is 71.3 cm³/mol. The molecule has 0 N–H and O–H groups in total. The van der Waals surface area contributed by atoms with Crippen molar-refractivity contribution in [2.75, 3.05) is 40.3 Å². The van der Waals surface area contributed by atoms with Gasteiger partial charge in [0.25, 0.3) is 11.3 Å². The number of piperazine rings is 1. The van der Waals surface area contributed by atoms with Crippen molar-refractivity contribution in [3.8, 4) is 0 Å². The molecular weight excluding hydrogens is 284 g/mol. The normalized spacial score (nSPS) is 17.4. The number of likely N-dealkylation sites (N-methyl/N-ethyl adjacent to an activating group) is 1. The lowest BCUT2D eigenvalue weighted by atomic mass is 10.3. The maximum Gasteiger partial charge on any atom is 0.358 e. The Morgan fingerprint density at radius 2 is 2.05 bits per heavy atom. The average molecular weight is 304 g/mol. The maximum atomic E-state index is 12.4. The van der Waals surface area contributed by atoms with E-state index >= 15 is 0 Å². The van der Waals surface area contributed by atoms with Crippen molar-refractivity contribution in [2.45, 2.75) is 19.5 Å². The molecule has 0 aromatic carbocycles. The van der Waals surface area contributed by atoms with Crippen molar-refractivity contribution < 1.29 is 18.5 Å². The monoisotopic (exact) mass is 304 g/mol. The molecule has 0 saturated carbocycles. The van der Waals surface area contributed by atoms with Gasteiger partial charge in [-0.25, -0.2) is 13.6 Å². The minimum Gasteiger partial charge on any atom is -0.304 e. The zero-order chi connectivity index (χ0) is 15.4. The molecule has 1 aliphatic rings. The Morgan fingerprint density at radius 3 is 2.62 bits per heavy atom. The minimum atomic E-state index is -2.52. The summed E-state index contributed by atoms with van der Waals surface area (Å²) >= 11 is 0. The van der Waals surface area contributed by atoms with Crippen molar-refractivity contribution in [3.63, 3.8) is 0 Å².